The summed E-state index contributed by atoms with van der Waals surface area (Å²) in [5.74, 6) is 0.430. The number of anilines is 1. The highest BCUT2D eigenvalue weighted by Crippen LogP contribution is 2.39. The molecule has 2 aromatic rings. The van der Waals surface area contributed by atoms with Crippen LogP contribution in [0.25, 0.3) is 0 Å². The van der Waals surface area contributed by atoms with Gasteiger partial charge in [-0.25, -0.2) is 4.39 Å². The lowest BCUT2D eigenvalue weighted by Crippen LogP contribution is -2.34. The number of nitrogens with one attached hydrogen (secondary N) is 1. The van der Waals surface area contributed by atoms with Gasteiger partial charge in [-0.2, -0.15) is 0 Å². The summed E-state index contributed by atoms with van der Waals surface area (Å²) in [7, 11) is 0. The van der Waals surface area contributed by atoms with Crippen molar-refractivity contribution >= 4 is 21.6 Å². The molecule has 0 unspecified atom stereocenters. The summed E-state index contributed by atoms with van der Waals surface area (Å²) in [5.41, 5.74) is 3.40. The second-order valence-electron chi connectivity index (χ2n) is 5.52. The van der Waals surface area contributed by atoms with Gasteiger partial charge in [0.05, 0.1) is 0 Å². The number of rotatable bonds is 3. The SMILES string of the molecule is Cc1ccc(F)cc1NC1CC(c2cccc(Br)c2)C1. The first-order valence-corrected chi connectivity index (χ1v) is 7.69. The molecule has 0 saturated heterocycles. The van der Waals surface area contributed by atoms with Crippen LogP contribution in [0.3, 0.4) is 0 Å². The zero-order valence-electron chi connectivity index (χ0n) is 11.4. The van der Waals surface area contributed by atoms with E-state index in [2.05, 4.69) is 39.4 Å². The van der Waals surface area contributed by atoms with Crippen LogP contribution in [-0.4, -0.2) is 6.04 Å². The summed E-state index contributed by atoms with van der Waals surface area (Å²) in [4.78, 5) is 0. The molecule has 0 bridgehead atoms. The molecule has 2 aromatic carbocycles. The topological polar surface area (TPSA) is 12.0 Å². The lowest BCUT2D eigenvalue weighted by Gasteiger charge is -2.37. The van der Waals surface area contributed by atoms with Crippen molar-refractivity contribution in [1.82, 2.24) is 0 Å². The van der Waals surface area contributed by atoms with Crippen molar-refractivity contribution in [3.8, 4) is 0 Å². The summed E-state index contributed by atoms with van der Waals surface area (Å²) in [6.45, 7) is 2.01. The van der Waals surface area contributed by atoms with E-state index in [4.69, 9.17) is 0 Å². The summed E-state index contributed by atoms with van der Waals surface area (Å²) in [6, 6.07) is 13.9. The normalized spacial score (nSPS) is 21.4. The predicted octanol–water partition coefficient (Wildman–Crippen LogP) is 5.25. The molecule has 0 spiro atoms. The first kappa shape index (κ1) is 13.6. The van der Waals surface area contributed by atoms with Gasteiger partial charge in [0.2, 0.25) is 0 Å². The molecule has 1 aliphatic rings. The van der Waals surface area contributed by atoms with E-state index in [-0.39, 0.29) is 5.82 Å². The van der Waals surface area contributed by atoms with Gasteiger partial charge in [0.1, 0.15) is 5.82 Å². The summed E-state index contributed by atoms with van der Waals surface area (Å²) in [5, 5.41) is 3.45. The Morgan fingerprint density at radius 1 is 1.15 bits per heavy atom. The summed E-state index contributed by atoms with van der Waals surface area (Å²) >= 11 is 3.51. The van der Waals surface area contributed by atoms with Crippen molar-refractivity contribution in [2.75, 3.05) is 5.32 Å². The molecule has 0 atom stereocenters. The van der Waals surface area contributed by atoms with Crippen molar-refractivity contribution in [2.45, 2.75) is 31.7 Å². The van der Waals surface area contributed by atoms with Crippen LogP contribution >= 0.6 is 15.9 Å². The fourth-order valence-corrected chi connectivity index (χ4v) is 3.15. The molecule has 0 amide bonds. The molecule has 104 valence electrons. The monoisotopic (exact) mass is 333 g/mol. The van der Waals surface area contributed by atoms with Crippen LogP contribution in [0.2, 0.25) is 0 Å². The van der Waals surface area contributed by atoms with Crippen LogP contribution in [0, 0.1) is 12.7 Å². The zero-order chi connectivity index (χ0) is 14.1. The van der Waals surface area contributed by atoms with Gasteiger partial charge in [-0.1, -0.05) is 34.1 Å². The highest BCUT2D eigenvalue weighted by atomic mass is 79.9. The van der Waals surface area contributed by atoms with Crippen LogP contribution < -0.4 is 5.32 Å². The smallest absolute Gasteiger partial charge is 0.125 e. The molecule has 0 radical (unpaired) electrons. The molecule has 1 N–H and O–H groups in total. The number of benzene rings is 2. The van der Waals surface area contributed by atoms with Gasteiger partial charge < -0.3 is 5.32 Å². The van der Waals surface area contributed by atoms with Crippen molar-refractivity contribution in [1.29, 1.82) is 0 Å². The molecule has 3 rings (SSSR count). The number of halogens is 2. The standard InChI is InChI=1S/C17H17BrFN/c1-11-5-6-15(19)10-17(11)20-16-8-13(9-16)12-3-2-4-14(18)7-12/h2-7,10,13,16,20H,8-9H2,1H3. The Morgan fingerprint density at radius 3 is 2.70 bits per heavy atom. The lowest BCUT2D eigenvalue weighted by atomic mass is 9.76. The fraction of sp³-hybridized carbons (Fsp3) is 0.294. The average molecular weight is 334 g/mol. The number of hydrogen-bond acceptors (Lipinski definition) is 1. The van der Waals surface area contributed by atoms with E-state index in [0.29, 0.717) is 12.0 Å². The lowest BCUT2D eigenvalue weighted by molar-refractivity contribution is 0.374. The molecule has 1 nitrogen and oxygen atoms in total. The molecular formula is C17H17BrFN. The van der Waals surface area contributed by atoms with Gasteiger partial charge in [0, 0.05) is 16.2 Å². The average Bonchev–Trinajstić information content (AvgIpc) is 2.37. The highest BCUT2D eigenvalue weighted by Gasteiger charge is 2.30. The Hall–Kier alpha value is -1.35. The van der Waals surface area contributed by atoms with Crippen LogP contribution in [0.4, 0.5) is 10.1 Å². The van der Waals surface area contributed by atoms with Crippen molar-refractivity contribution in [3.05, 3.63) is 63.9 Å². The predicted molar refractivity (Wildman–Crippen MR) is 84.7 cm³/mol. The van der Waals surface area contributed by atoms with E-state index in [1.807, 2.05) is 19.1 Å². The van der Waals surface area contributed by atoms with Crippen molar-refractivity contribution in [3.63, 3.8) is 0 Å². The number of aryl methyl sites for hydroxylation is 1. The minimum atomic E-state index is -0.180. The molecule has 20 heavy (non-hydrogen) atoms. The van der Waals surface area contributed by atoms with Gasteiger partial charge >= 0.3 is 0 Å². The van der Waals surface area contributed by atoms with Crippen LogP contribution in [0.15, 0.2) is 46.9 Å². The third kappa shape index (κ3) is 2.88. The maximum atomic E-state index is 13.3. The highest BCUT2D eigenvalue weighted by molar-refractivity contribution is 9.10. The minimum absolute atomic E-state index is 0.180. The number of hydrogen-bond donors (Lipinski definition) is 1. The Balaban J connectivity index is 1.62. The minimum Gasteiger partial charge on any atom is -0.382 e. The fourth-order valence-electron chi connectivity index (χ4n) is 2.74. The molecular weight excluding hydrogens is 317 g/mol. The van der Waals surface area contributed by atoms with E-state index in [0.717, 1.165) is 28.6 Å². The van der Waals surface area contributed by atoms with Crippen LogP contribution in [0.5, 0.6) is 0 Å². The van der Waals surface area contributed by atoms with Gasteiger partial charge in [0.15, 0.2) is 0 Å². The van der Waals surface area contributed by atoms with Gasteiger partial charge in [-0.05, 0) is 61.1 Å². The molecule has 3 heteroatoms. The summed E-state index contributed by atoms with van der Waals surface area (Å²) < 4.78 is 14.4. The first-order chi connectivity index (χ1) is 9.61. The van der Waals surface area contributed by atoms with Crippen LogP contribution in [-0.2, 0) is 0 Å². The third-order valence-corrected chi connectivity index (χ3v) is 4.51. The molecule has 1 fully saturated rings. The molecule has 0 heterocycles. The van der Waals surface area contributed by atoms with Crippen molar-refractivity contribution in [2.24, 2.45) is 0 Å². The Bertz CT molecular complexity index is 620. The largest absolute Gasteiger partial charge is 0.382 e. The molecule has 1 saturated carbocycles. The molecule has 0 aromatic heterocycles. The second-order valence-corrected chi connectivity index (χ2v) is 6.44. The Labute approximate surface area is 127 Å². The molecule has 0 aliphatic heterocycles. The maximum absolute atomic E-state index is 13.3. The van der Waals surface area contributed by atoms with Crippen LogP contribution in [0.1, 0.15) is 29.9 Å². The van der Waals surface area contributed by atoms with E-state index in [9.17, 15) is 4.39 Å². The Kier molecular flexibility index (Phi) is 3.79. The van der Waals surface area contributed by atoms with Crippen molar-refractivity contribution < 1.29 is 4.39 Å². The first-order valence-electron chi connectivity index (χ1n) is 6.90. The zero-order valence-corrected chi connectivity index (χ0v) is 13.0. The second kappa shape index (κ2) is 5.57. The quantitative estimate of drug-likeness (QED) is 0.808. The maximum Gasteiger partial charge on any atom is 0.125 e. The van der Waals surface area contributed by atoms with E-state index < -0.39 is 0 Å². The third-order valence-electron chi connectivity index (χ3n) is 4.02. The van der Waals surface area contributed by atoms with E-state index >= 15 is 0 Å². The van der Waals surface area contributed by atoms with Gasteiger partial charge in [-0.3, -0.25) is 0 Å². The summed E-state index contributed by atoms with van der Waals surface area (Å²) in [6.07, 6.45) is 2.21. The Morgan fingerprint density at radius 2 is 1.95 bits per heavy atom. The van der Waals surface area contributed by atoms with Gasteiger partial charge in [-0.15, -0.1) is 0 Å². The molecule has 1 aliphatic carbocycles. The van der Waals surface area contributed by atoms with E-state index in [1.54, 1.807) is 6.07 Å². The van der Waals surface area contributed by atoms with Gasteiger partial charge in [0.25, 0.3) is 0 Å². The van der Waals surface area contributed by atoms with E-state index in [1.165, 1.54) is 11.6 Å².